The average molecular weight is 554 g/mol. The Hall–Kier alpha value is -2.75. The van der Waals surface area contributed by atoms with E-state index in [1.54, 1.807) is 7.11 Å². The van der Waals surface area contributed by atoms with Crippen LogP contribution in [0.5, 0.6) is 0 Å². The van der Waals surface area contributed by atoms with Crippen molar-refractivity contribution in [2.75, 3.05) is 66.2 Å². The van der Waals surface area contributed by atoms with Gasteiger partial charge in [-0.05, 0) is 63.1 Å². The topological polar surface area (TPSA) is 88.9 Å². The van der Waals surface area contributed by atoms with Crippen LogP contribution in [0.2, 0.25) is 0 Å². The Morgan fingerprint density at radius 1 is 1.15 bits per heavy atom. The van der Waals surface area contributed by atoms with Gasteiger partial charge in [0.05, 0.1) is 24.8 Å². The number of para-hydroxylation sites is 1. The molecule has 2 aliphatic heterocycles. The molecule has 1 aromatic heterocycles. The number of benzene rings is 1. The lowest BCUT2D eigenvalue weighted by atomic mass is 9.88. The van der Waals surface area contributed by atoms with Crippen molar-refractivity contribution in [3.63, 3.8) is 0 Å². The molecule has 2 aliphatic rings. The minimum absolute atomic E-state index is 0.0187. The molecule has 2 amide bonds. The first-order valence-corrected chi connectivity index (χ1v) is 14.9. The third-order valence-corrected chi connectivity index (χ3v) is 7.83. The summed E-state index contributed by atoms with van der Waals surface area (Å²) >= 11 is 0. The molecule has 2 atom stereocenters. The van der Waals surface area contributed by atoms with Crippen molar-refractivity contribution in [2.24, 2.45) is 17.8 Å². The minimum Gasteiger partial charge on any atom is -0.385 e. The Balaban J connectivity index is 1.55. The number of hydrogen-bond acceptors (Lipinski definition) is 6. The van der Waals surface area contributed by atoms with Gasteiger partial charge in [-0.15, -0.1) is 0 Å². The van der Waals surface area contributed by atoms with Gasteiger partial charge in [-0.3, -0.25) is 9.59 Å². The SMILES string of the molecule is COCCCCc1c(C(=O)N(CC(C)C)CC2CNC[C@H](C(=O)N3CCOCC3)C2)nc(C)n1-c1ccccc1. The van der Waals surface area contributed by atoms with Gasteiger partial charge in [-0.1, -0.05) is 32.0 Å². The number of unbranched alkanes of at least 4 members (excludes halogenated alkanes) is 1. The summed E-state index contributed by atoms with van der Waals surface area (Å²) in [5.74, 6) is 1.45. The molecule has 220 valence electrons. The Labute approximate surface area is 239 Å². The zero-order valence-electron chi connectivity index (χ0n) is 24.7. The van der Waals surface area contributed by atoms with Crippen LogP contribution in [0.4, 0.5) is 0 Å². The fraction of sp³-hybridized carbons (Fsp3) is 0.645. The van der Waals surface area contributed by atoms with Crippen LogP contribution in [-0.4, -0.2) is 97.4 Å². The van der Waals surface area contributed by atoms with Crippen molar-refractivity contribution in [3.05, 3.63) is 47.5 Å². The van der Waals surface area contributed by atoms with E-state index < -0.39 is 0 Å². The Morgan fingerprint density at radius 2 is 1.90 bits per heavy atom. The molecule has 0 bridgehead atoms. The molecule has 2 saturated heterocycles. The van der Waals surface area contributed by atoms with Gasteiger partial charge in [0.2, 0.25) is 5.91 Å². The van der Waals surface area contributed by atoms with Gasteiger partial charge in [0.15, 0.2) is 0 Å². The van der Waals surface area contributed by atoms with Crippen LogP contribution >= 0.6 is 0 Å². The van der Waals surface area contributed by atoms with Gasteiger partial charge < -0.3 is 29.2 Å². The number of ether oxygens (including phenoxy) is 2. The van der Waals surface area contributed by atoms with E-state index in [0.717, 1.165) is 49.4 Å². The van der Waals surface area contributed by atoms with E-state index in [0.29, 0.717) is 64.2 Å². The maximum atomic E-state index is 14.2. The molecule has 40 heavy (non-hydrogen) atoms. The predicted octanol–water partition coefficient (Wildman–Crippen LogP) is 3.33. The molecule has 1 aromatic carbocycles. The number of nitrogens with one attached hydrogen (secondary N) is 1. The van der Waals surface area contributed by atoms with Crippen molar-refractivity contribution in [1.29, 1.82) is 0 Å². The predicted molar refractivity (Wildman–Crippen MR) is 156 cm³/mol. The molecule has 9 nitrogen and oxygen atoms in total. The molecule has 4 rings (SSSR count). The van der Waals surface area contributed by atoms with E-state index >= 15 is 0 Å². The Kier molecular flexibility index (Phi) is 11.1. The highest BCUT2D eigenvalue weighted by atomic mass is 16.5. The van der Waals surface area contributed by atoms with Crippen molar-refractivity contribution in [3.8, 4) is 5.69 Å². The maximum absolute atomic E-state index is 14.2. The number of carbonyl (C=O) groups is 2. The number of imidazole rings is 1. The lowest BCUT2D eigenvalue weighted by Crippen LogP contribution is -2.51. The normalized spacial score (nSPS) is 19.7. The van der Waals surface area contributed by atoms with Crippen molar-refractivity contribution < 1.29 is 19.1 Å². The summed E-state index contributed by atoms with van der Waals surface area (Å²) in [7, 11) is 1.72. The number of aryl methyl sites for hydroxylation is 1. The van der Waals surface area contributed by atoms with Crippen LogP contribution in [0.1, 0.15) is 55.1 Å². The smallest absolute Gasteiger partial charge is 0.274 e. The molecule has 1 N–H and O–H groups in total. The fourth-order valence-electron chi connectivity index (χ4n) is 5.98. The minimum atomic E-state index is -0.0660. The Bertz CT molecular complexity index is 1100. The molecule has 0 saturated carbocycles. The zero-order valence-corrected chi connectivity index (χ0v) is 24.7. The molecule has 0 spiro atoms. The van der Waals surface area contributed by atoms with Crippen LogP contribution in [0.15, 0.2) is 30.3 Å². The van der Waals surface area contributed by atoms with E-state index in [-0.39, 0.29) is 23.7 Å². The standard InChI is InChI=1S/C31H47N5O4/c1-23(2)21-35(22-25-18-26(20-32-19-25)30(37)34-13-16-40-17-14-34)31(38)29-28(12-8-9-15-39-4)36(24(3)33-29)27-10-6-5-7-11-27/h5-7,10-11,23,25-26,32H,8-9,12-22H2,1-4H3/t25?,26-/m1/s1. The summed E-state index contributed by atoms with van der Waals surface area (Å²) in [4.78, 5) is 36.2. The zero-order chi connectivity index (χ0) is 28.5. The molecule has 2 aromatic rings. The van der Waals surface area contributed by atoms with Crippen LogP contribution in [0.3, 0.4) is 0 Å². The fourth-order valence-corrected chi connectivity index (χ4v) is 5.98. The van der Waals surface area contributed by atoms with Crippen molar-refractivity contribution in [1.82, 2.24) is 24.7 Å². The number of carbonyl (C=O) groups excluding carboxylic acids is 2. The first-order valence-electron chi connectivity index (χ1n) is 14.9. The highest BCUT2D eigenvalue weighted by molar-refractivity contribution is 5.94. The number of nitrogens with zero attached hydrogens (tertiary/aromatic N) is 4. The van der Waals surface area contributed by atoms with E-state index in [1.807, 2.05) is 34.9 Å². The summed E-state index contributed by atoms with van der Waals surface area (Å²) in [5.41, 5.74) is 2.52. The molecule has 3 heterocycles. The number of rotatable bonds is 12. The quantitative estimate of drug-likeness (QED) is 0.406. The van der Waals surface area contributed by atoms with Gasteiger partial charge in [-0.2, -0.15) is 0 Å². The number of aromatic nitrogens is 2. The summed E-state index contributed by atoms with van der Waals surface area (Å²) < 4.78 is 12.8. The molecule has 0 aliphatic carbocycles. The number of piperidine rings is 1. The molecule has 2 fully saturated rings. The molecular formula is C31H47N5O4. The number of hydrogen-bond donors (Lipinski definition) is 1. The molecule has 1 unspecified atom stereocenters. The number of methoxy groups -OCH3 is 1. The summed E-state index contributed by atoms with van der Waals surface area (Å²) in [5, 5.41) is 3.48. The van der Waals surface area contributed by atoms with Gasteiger partial charge in [-0.25, -0.2) is 4.98 Å². The lowest BCUT2D eigenvalue weighted by Gasteiger charge is -2.37. The van der Waals surface area contributed by atoms with Crippen molar-refractivity contribution >= 4 is 11.8 Å². The summed E-state index contributed by atoms with van der Waals surface area (Å²) in [6.45, 7) is 12.2. The van der Waals surface area contributed by atoms with Gasteiger partial charge in [0.1, 0.15) is 11.5 Å². The number of amides is 2. The highest BCUT2D eigenvalue weighted by Gasteiger charge is 2.34. The summed E-state index contributed by atoms with van der Waals surface area (Å²) in [6, 6.07) is 10.2. The van der Waals surface area contributed by atoms with E-state index in [1.165, 1.54) is 0 Å². The third-order valence-electron chi connectivity index (χ3n) is 7.83. The molecule has 9 heteroatoms. The first-order chi connectivity index (χ1) is 19.4. The largest absolute Gasteiger partial charge is 0.385 e. The van der Waals surface area contributed by atoms with E-state index in [4.69, 9.17) is 14.5 Å². The van der Waals surface area contributed by atoms with Crippen LogP contribution in [-0.2, 0) is 20.7 Å². The lowest BCUT2D eigenvalue weighted by molar-refractivity contribution is -0.140. The third kappa shape index (κ3) is 7.71. The van der Waals surface area contributed by atoms with Crippen LogP contribution in [0, 0.1) is 24.7 Å². The molecule has 0 radical (unpaired) electrons. The average Bonchev–Trinajstić information content (AvgIpc) is 3.30. The highest BCUT2D eigenvalue weighted by Crippen LogP contribution is 2.25. The maximum Gasteiger partial charge on any atom is 0.274 e. The first kappa shape index (κ1) is 30.2. The van der Waals surface area contributed by atoms with Gasteiger partial charge >= 0.3 is 0 Å². The van der Waals surface area contributed by atoms with Gasteiger partial charge in [0.25, 0.3) is 5.91 Å². The second kappa shape index (κ2) is 14.8. The second-order valence-corrected chi connectivity index (χ2v) is 11.6. The van der Waals surface area contributed by atoms with E-state index in [9.17, 15) is 9.59 Å². The second-order valence-electron chi connectivity index (χ2n) is 11.6. The van der Waals surface area contributed by atoms with Crippen molar-refractivity contribution in [2.45, 2.75) is 46.5 Å². The Morgan fingerprint density at radius 3 is 2.60 bits per heavy atom. The van der Waals surface area contributed by atoms with Gasteiger partial charge in [0, 0.05) is 52.1 Å². The van der Waals surface area contributed by atoms with E-state index in [2.05, 4.69) is 35.9 Å². The van der Waals surface area contributed by atoms with Crippen LogP contribution in [0.25, 0.3) is 5.69 Å². The summed E-state index contributed by atoms with van der Waals surface area (Å²) in [6.07, 6.45) is 3.36. The number of morpholine rings is 1. The molecular weight excluding hydrogens is 506 g/mol. The van der Waals surface area contributed by atoms with Crippen LogP contribution < -0.4 is 5.32 Å². The monoisotopic (exact) mass is 553 g/mol.